The molecule has 1 saturated heterocycles. The molecule has 25 heavy (non-hydrogen) atoms. The third-order valence-corrected chi connectivity index (χ3v) is 4.37. The molecule has 2 aromatic rings. The summed E-state index contributed by atoms with van der Waals surface area (Å²) < 4.78 is 19.4. The fraction of sp³-hybridized carbons (Fsp3) is 0.333. The second kappa shape index (κ2) is 7.06. The van der Waals surface area contributed by atoms with Gasteiger partial charge in [0.1, 0.15) is 11.6 Å². The average Bonchev–Trinajstić information content (AvgIpc) is 3.21. The molecule has 7 heteroatoms. The molecule has 2 amide bonds. The fourth-order valence-electron chi connectivity index (χ4n) is 3.05. The summed E-state index contributed by atoms with van der Waals surface area (Å²) in [5.41, 5.74) is 0.309. The Morgan fingerprint density at radius 1 is 1.36 bits per heavy atom. The molecule has 3 rings (SSSR count). The lowest BCUT2D eigenvalue weighted by atomic mass is 10.2. The highest BCUT2D eigenvalue weighted by molar-refractivity contribution is 5.99. The molecule has 1 aromatic heterocycles. The van der Waals surface area contributed by atoms with Gasteiger partial charge in [-0.05, 0) is 37.7 Å². The summed E-state index contributed by atoms with van der Waals surface area (Å²) in [4.78, 5) is 27.5. The molecule has 0 spiro atoms. The van der Waals surface area contributed by atoms with E-state index in [4.69, 9.17) is 4.42 Å². The van der Waals surface area contributed by atoms with Crippen molar-refractivity contribution in [3.63, 3.8) is 0 Å². The molecular formula is C18H20FN3O3. The number of nitrogens with zero attached hydrogens (tertiary/aromatic N) is 2. The first kappa shape index (κ1) is 17.2. The monoisotopic (exact) mass is 345 g/mol. The summed E-state index contributed by atoms with van der Waals surface area (Å²) in [6, 6.07) is 9.24. The van der Waals surface area contributed by atoms with E-state index in [9.17, 15) is 14.0 Å². The molecule has 0 saturated carbocycles. The summed E-state index contributed by atoms with van der Waals surface area (Å²) in [5.74, 6) is -0.00228. The number of carbonyl (C=O) groups excluding carboxylic acids is 2. The van der Waals surface area contributed by atoms with Crippen LogP contribution >= 0.6 is 0 Å². The van der Waals surface area contributed by atoms with Crippen molar-refractivity contribution in [2.45, 2.75) is 19.0 Å². The molecule has 0 aliphatic carbocycles. The minimum absolute atomic E-state index is 0.134. The van der Waals surface area contributed by atoms with Gasteiger partial charge in [-0.25, -0.2) is 4.39 Å². The maximum atomic E-state index is 13.9. The van der Waals surface area contributed by atoms with Gasteiger partial charge in [0.25, 0.3) is 5.91 Å². The Morgan fingerprint density at radius 2 is 2.12 bits per heavy atom. The highest BCUT2D eigenvalue weighted by atomic mass is 19.1. The number of benzene rings is 1. The standard InChI is InChI=1S/C18H20FN3O3/c1-20-17(23)16-8-7-12(25-16)11-21(2)15-9-10-22(18(15)24)14-6-4-3-5-13(14)19/h3-8,15H,9-11H2,1-2H3,(H,20,23)/t15-/m1/s1. The van der Waals surface area contributed by atoms with E-state index in [0.29, 0.717) is 31.0 Å². The van der Waals surface area contributed by atoms with Gasteiger partial charge in [0.15, 0.2) is 5.76 Å². The van der Waals surface area contributed by atoms with Crippen molar-refractivity contribution >= 4 is 17.5 Å². The predicted octanol–water partition coefficient (Wildman–Crippen LogP) is 2.02. The lowest BCUT2D eigenvalue weighted by Crippen LogP contribution is -2.39. The molecule has 0 unspecified atom stereocenters. The van der Waals surface area contributed by atoms with Gasteiger partial charge in [0.2, 0.25) is 5.91 Å². The molecular weight excluding hydrogens is 325 g/mol. The minimum Gasteiger partial charge on any atom is -0.455 e. The molecule has 1 aromatic carbocycles. The van der Waals surface area contributed by atoms with Crippen molar-refractivity contribution in [1.29, 1.82) is 0 Å². The maximum absolute atomic E-state index is 13.9. The molecule has 1 fully saturated rings. The first-order valence-electron chi connectivity index (χ1n) is 8.08. The van der Waals surface area contributed by atoms with Crippen molar-refractivity contribution in [1.82, 2.24) is 10.2 Å². The summed E-state index contributed by atoms with van der Waals surface area (Å²) >= 11 is 0. The summed E-state index contributed by atoms with van der Waals surface area (Å²) in [5, 5.41) is 2.50. The molecule has 6 nitrogen and oxygen atoms in total. The number of furan rings is 1. The van der Waals surface area contributed by atoms with Gasteiger partial charge >= 0.3 is 0 Å². The van der Waals surface area contributed by atoms with Crippen LogP contribution in [0.15, 0.2) is 40.8 Å². The van der Waals surface area contributed by atoms with Gasteiger partial charge in [-0.3, -0.25) is 14.5 Å². The van der Waals surface area contributed by atoms with Crippen LogP contribution in [-0.2, 0) is 11.3 Å². The van der Waals surface area contributed by atoms with E-state index in [-0.39, 0.29) is 23.6 Å². The van der Waals surface area contributed by atoms with Crippen LogP contribution in [0.3, 0.4) is 0 Å². The second-order valence-corrected chi connectivity index (χ2v) is 6.01. The van der Waals surface area contributed by atoms with Crippen LogP contribution in [0.1, 0.15) is 22.7 Å². The molecule has 1 aliphatic heterocycles. The number of carbonyl (C=O) groups is 2. The van der Waals surface area contributed by atoms with Crippen LogP contribution in [0, 0.1) is 5.82 Å². The lowest BCUT2D eigenvalue weighted by Gasteiger charge is -2.23. The number of nitrogens with one attached hydrogen (secondary N) is 1. The Hall–Kier alpha value is -2.67. The van der Waals surface area contributed by atoms with Crippen molar-refractivity contribution in [3.8, 4) is 0 Å². The van der Waals surface area contributed by atoms with E-state index in [1.807, 2.05) is 11.9 Å². The van der Waals surface area contributed by atoms with Gasteiger partial charge in [0.05, 0.1) is 18.3 Å². The maximum Gasteiger partial charge on any atom is 0.286 e. The molecule has 1 atom stereocenters. The van der Waals surface area contributed by atoms with E-state index in [0.717, 1.165) is 0 Å². The number of anilines is 1. The Balaban J connectivity index is 1.68. The van der Waals surface area contributed by atoms with Crippen molar-refractivity contribution in [3.05, 3.63) is 53.7 Å². The third kappa shape index (κ3) is 3.41. The smallest absolute Gasteiger partial charge is 0.286 e. The molecule has 132 valence electrons. The molecule has 1 aliphatic rings. The van der Waals surface area contributed by atoms with Gasteiger partial charge < -0.3 is 14.6 Å². The highest BCUT2D eigenvalue weighted by Crippen LogP contribution is 2.27. The average molecular weight is 345 g/mol. The largest absolute Gasteiger partial charge is 0.455 e. The van der Waals surface area contributed by atoms with E-state index < -0.39 is 5.82 Å². The van der Waals surface area contributed by atoms with Gasteiger partial charge in [-0.15, -0.1) is 0 Å². The Morgan fingerprint density at radius 3 is 2.84 bits per heavy atom. The molecule has 0 radical (unpaired) electrons. The summed E-state index contributed by atoms with van der Waals surface area (Å²) in [6.45, 7) is 0.856. The van der Waals surface area contributed by atoms with Crippen LogP contribution in [0.25, 0.3) is 0 Å². The second-order valence-electron chi connectivity index (χ2n) is 6.01. The number of rotatable bonds is 5. The van der Waals surface area contributed by atoms with E-state index in [1.54, 1.807) is 30.3 Å². The first-order valence-corrected chi connectivity index (χ1v) is 8.08. The Labute approximate surface area is 145 Å². The van der Waals surface area contributed by atoms with Crippen molar-refractivity contribution in [2.75, 3.05) is 25.5 Å². The number of para-hydroxylation sites is 1. The molecule has 1 N–H and O–H groups in total. The van der Waals surface area contributed by atoms with Crippen LogP contribution in [0.4, 0.5) is 10.1 Å². The molecule has 2 heterocycles. The number of likely N-dealkylation sites (N-methyl/N-ethyl adjacent to an activating group) is 1. The van der Waals surface area contributed by atoms with Gasteiger partial charge in [0, 0.05) is 13.6 Å². The van der Waals surface area contributed by atoms with E-state index in [1.165, 1.54) is 18.0 Å². The number of halogens is 1. The minimum atomic E-state index is -0.402. The normalized spacial score (nSPS) is 17.4. The lowest BCUT2D eigenvalue weighted by molar-refractivity contribution is -0.121. The summed E-state index contributed by atoms with van der Waals surface area (Å²) in [6.07, 6.45) is 0.604. The number of amides is 2. The van der Waals surface area contributed by atoms with Crippen LogP contribution in [-0.4, -0.2) is 43.4 Å². The predicted molar refractivity (Wildman–Crippen MR) is 90.7 cm³/mol. The topological polar surface area (TPSA) is 65.8 Å². The van der Waals surface area contributed by atoms with Crippen molar-refractivity contribution in [2.24, 2.45) is 0 Å². The Kier molecular flexibility index (Phi) is 4.85. The summed E-state index contributed by atoms with van der Waals surface area (Å²) in [7, 11) is 3.35. The molecule has 0 bridgehead atoms. The van der Waals surface area contributed by atoms with E-state index >= 15 is 0 Å². The first-order chi connectivity index (χ1) is 12.0. The zero-order valence-corrected chi connectivity index (χ0v) is 14.2. The zero-order chi connectivity index (χ0) is 18.0. The Bertz CT molecular complexity index is 789. The number of hydrogen-bond acceptors (Lipinski definition) is 4. The van der Waals surface area contributed by atoms with Crippen molar-refractivity contribution < 1.29 is 18.4 Å². The van der Waals surface area contributed by atoms with Crippen LogP contribution in [0.2, 0.25) is 0 Å². The van der Waals surface area contributed by atoms with E-state index in [2.05, 4.69) is 5.32 Å². The van der Waals surface area contributed by atoms with Gasteiger partial charge in [-0.1, -0.05) is 12.1 Å². The third-order valence-electron chi connectivity index (χ3n) is 4.37. The highest BCUT2D eigenvalue weighted by Gasteiger charge is 2.36. The SMILES string of the molecule is CNC(=O)c1ccc(CN(C)[C@@H]2CCN(c3ccccc3F)C2=O)o1. The number of hydrogen-bond donors (Lipinski definition) is 1. The van der Waals surface area contributed by atoms with Crippen LogP contribution in [0.5, 0.6) is 0 Å². The fourth-order valence-corrected chi connectivity index (χ4v) is 3.05. The zero-order valence-electron chi connectivity index (χ0n) is 14.2. The van der Waals surface area contributed by atoms with Crippen LogP contribution < -0.4 is 10.2 Å². The quantitative estimate of drug-likeness (QED) is 0.900. The van der Waals surface area contributed by atoms with Gasteiger partial charge in [-0.2, -0.15) is 0 Å².